The number of anilines is 1. The van der Waals surface area contributed by atoms with Gasteiger partial charge < -0.3 is 10.5 Å². The minimum atomic E-state index is 0.100. The van der Waals surface area contributed by atoms with Crippen LogP contribution in [0.1, 0.15) is 36.7 Å². The maximum atomic E-state index is 9.17. The molecule has 1 aromatic heterocycles. The molecule has 1 aromatic carbocycles. The highest BCUT2D eigenvalue weighted by molar-refractivity contribution is 5.57. The van der Waals surface area contributed by atoms with Crippen LogP contribution in [-0.4, -0.2) is 4.57 Å². The average molecular weight is 269 g/mol. The van der Waals surface area contributed by atoms with Crippen molar-refractivity contribution in [3.05, 3.63) is 41.1 Å². The zero-order chi connectivity index (χ0) is 14.9. The Bertz CT molecular complexity index is 678. The number of nitriles is 1. The molecule has 20 heavy (non-hydrogen) atoms. The molecule has 4 nitrogen and oxygen atoms in total. The van der Waals surface area contributed by atoms with Gasteiger partial charge in [-0.3, -0.25) is 4.57 Å². The third-order valence-corrected chi connectivity index (χ3v) is 3.34. The summed E-state index contributed by atoms with van der Waals surface area (Å²) in [4.78, 5) is 0. The van der Waals surface area contributed by atoms with Crippen molar-refractivity contribution < 1.29 is 4.74 Å². The molecule has 0 aliphatic heterocycles. The fourth-order valence-corrected chi connectivity index (χ4v) is 2.12. The molecule has 4 heteroatoms. The maximum Gasteiger partial charge on any atom is 0.224 e. The van der Waals surface area contributed by atoms with Crippen molar-refractivity contribution in [1.82, 2.24) is 4.57 Å². The zero-order valence-corrected chi connectivity index (χ0v) is 12.3. The van der Waals surface area contributed by atoms with E-state index in [2.05, 4.69) is 13.0 Å². The molecule has 0 spiro atoms. The number of aromatic nitrogens is 1. The standard InChI is InChI=1S/C16H19N3O/c1-10(2)19-13(9-17)8-15(18)16(19)20-14-6-5-11(3)12(4)7-14/h5-8,10H,18H2,1-4H3. The van der Waals surface area contributed by atoms with E-state index in [1.165, 1.54) is 5.56 Å². The highest BCUT2D eigenvalue weighted by atomic mass is 16.5. The van der Waals surface area contributed by atoms with Crippen molar-refractivity contribution in [3.8, 4) is 17.7 Å². The molecule has 0 bridgehead atoms. The maximum absolute atomic E-state index is 9.17. The summed E-state index contributed by atoms with van der Waals surface area (Å²) in [5, 5.41) is 9.17. The van der Waals surface area contributed by atoms with Gasteiger partial charge in [-0.2, -0.15) is 5.26 Å². The second kappa shape index (κ2) is 5.30. The van der Waals surface area contributed by atoms with Crippen molar-refractivity contribution in [2.45, 2.75) is 33.7 Å². The van der Waals surface area contributed by atoms with Crippen molar-refractivity contribution >= 4 is 5.69 Å². The largest absolute Gasteiger partial charge is 0.439 e. The van der Waals surface area contributed by atoms with Crippen LogP contribution in [0.3, 0.4) is 0 Å². The molecule has 0 aliphatic carbocycles. The third-order valence-electron chi connectivity index (χ3n) is 3.34. The Morgan fingerprint density at radius 3 is 2.45 bits per heavy atom. The van der Waals surface area contributed by atoms with E-state index in [9.17, 15) is 0 Å². The SMILES string of the molecule is Cc1ccc(Oc2c(N)cc(C#N)n2C(C)C)cc1C. The first kappa shape index (κ1) is 14.0. The zero-order valence-electron chi connectivity index (χ0n) is 12.3. The number of nitrogen functional groups attached to an aromatic ring is 1. The predicted octanol–water partition coefficient (Wildman–Crippen LogP) is 3.93. The normalized spacial score (nSPS) is 10.6. The van der Waals surface area contributed by atoms with Gasteiger partial charge in [0.25, 0.3) is 0 Å². The molecule has 0 unspecified atom stereocenters. The Morgan fingerprint density at radius 1 is 1.20 bits per heavy atom. The smallest absolute Gasteiger partial charge is 0.224 e. The van der Waals surface area contributed by atoms with Crippen LogP contribution in [0.2, 0.25) is 0 Å². The highest BCUT2D eigenvalue weighted by Crippen LogP contribution is 2.34. The van der Waals surface area contributed by atoms with Crippen LogP contribution in [0.4, 0.5) is 5.69 Å². The molecular weight excluding hydrogens is 250 g/mol. The van der Waals surface area contributed by atoms with Gasteiger partial charge in [-0.1, -0.05) is 6.07 Å². The van der Waals surface area contributed by atoms with Gasteiger partial charge in [-0.25, -0.2) is 0 Å². The number of benzene rings is 1. The fourth-order valence-electron chi connectivity index (χ4n) is 2.12. The van der Waals surface area contributed by atoms with Crippen molar-refractivity contribution in [3.63, 3.8) is 0 Å². The molecule has 0 fully saturated rings. The van der Waals surface area contributed by atoms with E-state index in [0.717, 1.165) is 11.3 Å². The molecule has 0 atom stereocenters. The topological polar surface area (TPSA) is 64.0 Å². The second-order valence-corrected chi connectivity index (χ2v) is 5.21. The molecule has 0 radical (unpaired) electrons. The molecule has 2 N–H and O–H groups in total. The summed E-state index contributed by atoms with van der Waals surface area (Å²) in [5.41, 5.74) is 9.33. The minimum Gasteiger partial charge on any atom is -0.439 e. The van der Waals surface area contributed by atoms with Gasteiger partial charge in [0.2, 0.25) is 5.88 Å². The van der Waals surface area contributed by atoms with Gasteiger partial charge in [0, 0.05) is 12.1 Å². The van der Waals surface area contributed by atoms with Crippen LogP contribution in [0.5, 0.6) is 11.6 Å². The molecule has 0 amide bonds. The molecular formula is C16H19N3O. The summed E-state index contributed by atoms with van der Waals surface area (Å²) in [5.74, 6) is 1.25. The van der Waals surface area contributed by atoms with Crippen molar-refractivity contribution in [1.29, 1.82) is 5.26 Å². The van der Waals surface area contributed by atoms with Crippen LogP contribution in [0, 0.1) is 25.2 Å². The number of nitrogens with two attached hydrogens (primary N) is 1. The van der Waals surface area contributed by atoms with E-state index in [1.807, 2.05) is 43.5 Å². The minimum absolute atomic E-state index is 0.100. The number of hydrogen-bond donors (Lipinski definition) is 1. The fraction of sp³-hybridized carbons (Fsp3) is 0.312. The summed E-state index contributed by atoms with van der Waals surface area (Å²) >= 11 is 0. The molecule has 0 saturated carbocycles. The Labute approximate surface area is 119 Å². The first-order valence-electron chi connectivity index (χ1n) is 6.60. The number of nitrogens with zero attached hydrogens (tertiary/aromatic N) is 2. The second-order valence-electron chi connectivity index (χ2n) is 5.21. The summed E-state index contributed by atoms with van der Waals surface area (Å²) in [6, 6.07) is 9.78. The molecule has 104 valence electrons. The Hall–Kier alpha value is -2.41. The highest BCUT2D eigenvalue weighted by Gasteiger charge is 2.17. The van der Waals surface area contributed by atoms with Gasteiger partial charge in [0.1, 0.15) is 17.5 Å². The van der Waals surface area contributed by atoms with Gasteiger partial charge in [0.15, 0.2) is 0 Å². The number of rotatable bonds is 3. The lowest BCUT2D eigenvalue weighted by Crippen LogP contribution is -2.06. The number of hydrogen-bond acceptors (Lipinski definition) is 3. The van der Waals surface area contributed by atoms with Crippen LogP contribution in [0.15, 0.2) is 24.3 Å². The number of aryl methyl sites for hydroxylation is 2. The molecule has 1 heterocycles. The monoisotopic (exact) mass is 269 g/mol. The molecule has 2 rings (SSSR count). The Balaban J connectivity index is 2.45. The van der Waals surface area contributed by atoms with E-state index in [1.54, 1.807) is 6.07 Å². The van der Waals surface area contributed by atoms with E-state index >= 15 is 0 Å². The molecule has 0 aliphatic rings. The summed E-state index contributed by atoms with van der Waals surface area (Å²) in [7, 11) is 0. The van der Waals surface area contributed by atoms with E-state index in [4.69, 9.17) is 15.7 Å². The van der Waals surface area contributed by atoms with Crippen molar-refractivity contribution in [2.75, 3.05) is 5.73 Å². The van der Waals surface area contributed by atoms with Gasteiger partial charge >= 0.3 is 0 Å². The summed E-state index contributed by atoms with van der Waals surface area (Å²) in [6.45, 7) is 8.08. The summed E-state index contributed by atoms with van der Waals surface area (Å²) in [6.07, 6.45) is 0. The lowest BCUT2D eigenvalue weighted by molar-refractivity contribution is 0.412. The third kappa shape index (κ3) is 2.48. The predicted molar refractivity (Wildman–Crippen MR) is 79.9 cm³/mol. The van der Waals surface area contributed by atoms with E-state index < -0.39 is 0 Å². The van der Waals surface area contributed by atoms with E-state index in [0.29, 0.717) is 17.3 Å². The lowest BCUT2D eigenvalue weighted by Gasteiger charge is -2.15. The Morgan fingerprint density at radius 2 is 1.90 bits per heavy atom. The van der Waals surface area contributed by atoms with Gasteiger partial charge in [-0.05, 0) is 51.0 Å². The van der Waals surface area contributed by atoms with Crippen LogP contribution in [0.25, 0.3) is 0 Å². The van der Waals surface area contributed by atoms with Gasteiger partial charge in [0.05, 0.1) is 5.69 Å². The first-order chi connectivity index (χ1) is 9.43. The van der Waals surface area contributed by atoms with Gasteiger partial charge in [-0.15, -0.1) is 0 Å². The Kier molecular flexibility index (Phi) is 3.71. The first-order valence-corrected chi connectivity index (χ1v) is 6.60. The van der Waals surface area contributed by atoms with Crippen LogP contribution >= 0.6 is 0 Å². The van der Waals surface area contributed by atoms with Crippen LogP contribution in [-0.2, 0) is 0 Å². The van der Waals surface area contributed by atoms with E-state index in [-0.39, 0.29) is 6.04 Å². The van der Waals surface area contributed by atoms with Crippen molar-refractivity contribution in [2.24, 2.45) is 0 Å². The number of ether oxygens (including phenoxy) is 1. The average Bonchev–Trinajstić information content (AvgIpc) is 2.71. The van der Waals surface area contributed by atoms with Crippen LogP contribution < -0.4 is 10.5 Å². The summed E-state index contributed by atoms with van der Waals surface area (Å²) < 4.78 is 7.72. The quantitative estimate of drug-likeness (QED) is 0.918. The molecule has 0 saturated heterocycles. The molecule has 2 aromatic rings. The lowest BCUT2D eigenvalue weighted by atomic mass is 10.1.